The Morgan fingerprint density at radius 1 is 1.03 bits per heavy atom. The fourth-order valence-corrected chi connectivity index (χ4v) is 4.57. The minimum Gasteiger partial charge on any atom is -0.497 e. The van der Waals surface area contributed by atoms with Crippen molar-refractivity contribution < 1.29 is 9.53 Å². The summed E-state index contributed by atoms with van der Waals surface area (Å²) in [5.41, 5.74) is 4.11. The van der Waals surface area contributed by atoms with Crippen molar-refractivity contribution >= 4 is 22.6 Å². The second-order valence-corrected chi connectivity index (χ2v) is 8.73. The zero-order chi connectivity index (χ0) is 23.3. The van der Waals surface area contributed by atoms with Gasteiger partial charge in [-0.1, -0.05) is 24.3 Å². The molecule has 1 aliphatic rings. The van der Waals surface area contributed by atoms with Crippen LogP contribution in [0, 0.1) is 5.92 Å². The maximum Gasteiger partial charge on any atom is 0.227 e. The quantitative estimate of drug-likeness (QED) is 0.449. The zero-order valence-corrected chi connectivity index (χ0v) is 19.4. The van der Waals surface area contributed by atoms with Gasteiger partial charge in [0.25, 0.3) is 0 Å². The van der Waals surface area contributed by atoms with Gasteiger partial charge in [0.2, 0.25) is 5.91 Å². The number of benzene rings is 2. The summed E-state index contributed by atoms with van der Waals surface area (Å²) < 4.78 is 7.60. The lowest BCUT2D eigenvalue weighted by molar-refractivity contribution is -0.121. The highest BCUT2D eigenvalue weighted by Crippen LogP contribution is 2.24. The first-order valence-corrected chi connectivity index (χ1v) is 11.7. The molecule has 1 saturated heterocycles. The fraction of sp³-hybridized carbons (Fsp3) is 0.296. The number of rotatable bonds is 7. The number of fused-ring (bicyclic) bond motifs is 1. The predicted molar refractivity (Wildman–Crippen MR) is 133 cm³/mol. The van der Waals surface area contributed by atoms with E-state index < -0.39 is 0 Å². The molecule has 0 unspecified atom stereocenters. The van der Waals surface area contributed by atoms with Gasteiger partial charge in [0.1, 0.15) is 11.6 Å². The molecule has 5 rings (SSSR count). The van der Waals surface area contributed by atoms with Gasteiger partial charge in [-0.25, -0.2) is 4.98 Å². The van der Waals surface area contributed by atoms with Crippen LogP contribution in [0.1, 0.15) is 24.2 Å². The van der Waals surface area contributed by atoms with E-state index in [1.54, 1.807) is 19.5 Å². The van der Waals surface area contributed by atoms with E-state index in [2.05, 4.69) is 50.1 Å². The van der Waals surface area contributed by atoms with Crippen LogP contribution >= 0.6 is 0 Å². The van der Waals surface area contributed by atoms with Crippen LogP contribution in [-0.2, 0) is 17.9 Å². The lowest BCUT2D eigenvalue weighted by Crippen LogP contribution is -2.38. The molecule has 1 aliphatic heterocycles. The van der Waals surface area contributed by atoms with Crippen LogP contribution in [-0.4, -0.2) is 45.5 Å². The normalized spacial score (nSPS) is 14.9. The van der Waals surface area contributed by atoms with Crippen molar-refractivity contribution in [1.29, 1.82) is 0 Å². The Balaban J connectivity index is 1.27. The molecule has 0 saturated carbocycles. The van der Waals surface area contributed by atoms with Crippen molar-refractivity contribution in [1.82, 2.24) is 19.4 Å². The summed E-state index contributed by atoms with van der Waals surface area (Å²) in [5.74, 6) is 2.01. The maximum atomic E-state index is 12.7. The number of para-hydroxylation sites is 2. The molecule has 34 heavy (non-hydrogen) atoms. The molecular formula is C27H29N5O2. The molecule has 1 amide bonds. The molecule has 174 valence electrons. The van der Waals surface area contributed by atoms with Crippen molar-refractivity contribution in [2.24, 2.45) is 5.92 Å². The first-order chi connectivity index (χ1) is 16.7. The summed E-state index contributed by atoms with van der Waals surface area (Å²) >= 11 is 0. The Hall–Kier alpha value is -3.71. The van der Waals surface area contributed by atoms with E-state index in [4.69, 9.17) is 9.72 Å². The Labute approximate surface area is 199 Å². The van der Waals surface area contributed by atoms with Gasteiger partial charge in [0.05, 0.1) is 36.6 Å². The molecular weight excluding hydrogens is 426 g/mol. The summed E-state index contributed by atoms with van der Waals surface area (Å²) in [6.45, 7) is 3.26. The number of aromatic nitrogens is 3. The number of pyridine rings is 1. The molecule has 0 spiro atoms. The van der Waals surface area contributed by atoms with Crippen LogP contribution in [0.2, 0.25) is 0 Å². The van der Waals surface area contributed by atoms with Crippen molar-refractivity contribution in [2.45, 2.75) is 25.9 Å². The number of amides is 1. The van der Waals surface area contributed by atoms with Crippen molar-refractivity contribution in [3.8, 4) is 5.75 Å². The number of carbonyl (C=O) groups is 1. The van der Waals surface area contributed by atoms with Gasteiger partial charge in [-0.05, 0) is 67.9 Å². The molecule has 4 aromatic rings. The molecule has 0 atom stereocenters. The van der Waals surface area contributed by atoms with Gasteiger partial charge < -0.3 is 14.6 Å². The number of methoxy groups -OCH3 is 1. The number of hydrogen-bond donors (Lipinski definition) is 1. The first-order valence-electron chi connectivity index (χ1n) is 11.7. The smallest absolute Gasteiger partial charge is 0.227 e. The maximum absolute atomic E-state index is 12.7. The predicted octanol–water partition coefficient (Wildman–Crippen LogP) is 4.34. The number of likely N-dealkylation sites (tertiary alicyclic amines) is 1. The average molecular weight is 456 g/mol. The lowest BCUT2D eigenvalue weighted by Gasteiger charge is -2.31. The molecule has 0 aliphatic carbocycles. The highest BCUT2D eigenvalue weighted by Gasteiger charge is 2.26. The third-order valence-electron chi connectivity index (χ3n) is 6.49. The van der Waals surface area contributed by atoms with Gasteiger partial charge >= 0.3 is 0 Å². The molecule has 0 bridgehead atoms. The Morgan fingerprint density at radius 2 is 1.82 bits per heavy atom. The molecule has 2 aromatic heterocycles. The van der Waals surface area contributed by atoms with E-state index in [1.165, 1.54) is 5.56 Å². The van der Waals surface area contributed by atoms with E-state index in [9.17, 15) is 4.79 Å². The van der Waals surface area contributed by atoms with Crippen LogP contribution in [0.4, 0.5) is 5.69 Å². The molecule has 1 fully saturated rings. The number of piperidine rings is 1. The minimum absolute atomic E-state index is 0.0228. The molecule has 2 aromatic carbocycles. The number of ether oxygens (including phenoxy) is 1. The van der Waals surface area contributed by atoms with E-state index in [0.29, 0.717) is 0 Å². The van der Waals surface area contributed by atoms with Gasteiger partial charge in [-0.2, -0.15) is 0 Å². The van der Waals surface area contributed by atoms with Crippen molar-refractivity contribution in [3.05, 3.63) is 84.4 Å². The standard InChI is InChI=1S/C27H29N5O2/c1-34-23-10-8-20(9-11-23)18-32-25-7-3-2-6-24(25)30-26(32)19-31-15-12-21(13-16-31)27(33)29-22-5-4-14-28-17-22/h2-11,14,17,21H,12-13,15-16,18-19H2,1H3,(H,29,33). The van der Waals surface area contributed by atoms with Crippen LogP contribution in [0.15, 0.2) is 73.1 Å². The highest BCUT2D eigenvalue weighted by atomic mass is 16.5. The van der Waals surface area contributed by atoms with Crippen LogP contribution in [0.5, 0.6) is 5.75 Å². The highest BCUT2D eigenvalue weighted by molar-refractivity contribution is 5.92. The average Bonchev–Trinajstić information content (AvgIpc) is 3.22. The third-order valence-corrected chi connectivity index (χ3v) is 6.49. The third kappa shape index (κ3) is 4.94. The summed E-state index contributed by atoms with van der Waals surface area (Å²) in [4.78, 5) is 24.1. The number of nitrogens with one attached hydrogen (secondary N) is 1. The van der Waals surface area contributed by atoms with Gasteiger partial charge in [-0.15, -0.1) is 0 Å². The van der Waals surface area contributed by atoms with Crippen molar-refractivity contribution in [3.63, 3.8) is 0 Å². The summed E-state index contributed by atoms with van der Waals surface area (Å²) in [6.07, 6.45) is 5.06. The Kier molecular flexibility index (Phi) is 6.53. The Bertz CT molecular complexity index is 1250. The second-order valence-electron chi connectivity index (χ2n) is 8.73. The number of carbonyl (C=O) groups excluding carboxylic acids is 1. The van der Waals surface area contributed by atoms with Crippen LogP contribution < -0.4 is 10.1 Å². The number of anilines is 1. The lowest BCUT2D eigenvalue weighted by atomic mass is 9.96. The molecule has 0 radical (unpaired) electrons. The molecule has 1 N–H and O–H groups in total. The van der Waals surface area contributed by atoms with Crippen molar-refractivity contribution in [2.75, 3.05) is 25.5 Å². The fourth-order valence-electron chi connectivity index (χ4n) is 4.57. The van der Waals surface area contributed by atoms with Gasteiger partial charge in [-0.3, -0.25) is 14.7 Å². The van der Waals surface area contributed by atoms with Gasteiger partial charge in [0.15, 0.2) is 0 Å². The molecule has 3 heterocycles. The van der Waals surface area contributed by atoms with Gasteiger partial charge in [0, 0.05) is 18.7 Å². The summed E-state index contributed by atoms with van der Waals surface area (Å²) in [5, 5.41) is 2.99. The Morgan fingerprint density at radius 3 is 2.56 bits per heavy atom. The largest absolute Gasteiger partial charge is 0.497 e. The monoisotopic (exact) mass is 455 g/mol. The minimum atomic E-state index is 0.0228. The zero-order valence-electron chi connectivity index (χ0n) is 19.4. The summed E-state index contributed by atoms with van der Waals surface area (Å²) in [7, 11) is 1.68. The van der Waals surface area contributed by atoms with E-state index >= 15 is 0 Å². The first kappa shape index (κ1) is 22.1. The van der Waals surface area contributed by atoms with Crippen LogP contribution in [0.3, 0.4) is 0 Å². The number of imidazole rings is 1. The number of hydrogen-bond acceptors (Lipinski definition) is 5. The van der Waals surface area contributed by atoms with E-state index in [-0.39, 0.29) is 11.8 Å². The number of nitrogens with zero attached hydrogens (tertiary/aromatic N) is 4. The van der Waals surface area contributed by atoms with E-state index in [0.717, 1.165) is 67.3 Å². The SMILES string of the molecule is COc1ccc(Cn2c(CN3CCC(C(=O)Nc4cccnc4)CC3)nc3ccccc32)cc1. The van der Waals surface area contributed by atoms with E-state index in [1.807, 2.05) is 30.3 Å². The summed E-state index contributed by atoms with van der Waals surface area (Å²) in [6, 6.07) is 20.2. The second kappa shape index (κ2) is 10.1. The topological polar surface area (TPSA) is 72.3 Å². The molecule has 7 heteroatoms. The van der Waals surface area contributed by atoms with Crippen LogP contribution in [0.25, 0.3) is 11.0 Å². The molecule has 7 nitrogen and oxygen atoms in total.